The number of aliphatic carboxylic acids is 1. The van der Waals surface area contributed by atoms with Crippen molar-refractivity contribution in [3.63, 3.8) is 0 Å². The fraction of sp³-hybridized carbons (Fsp3) is 0.476. The first kappa shape index (κ1) is 20.9. The SMILES string of the molecule is CCCCN1CCCc2cc(/C=C3\SC(=S)N(CCCC(=O)O)C3=O)ccc21. The molecule has 2 heterocycles. The number of benzene rings is 1. The number of rotatable bonds is 8. The smallest absolute Gasteiger partial charge is 0.303 e. The predicted molar refractivity (Wildman–Crippen MR) is 119 cm³/mol. The standard InChI is InChI=1S/C21H26N2O3S2/c1-2-3-10-22-11-4-6-16-13-15(8-9-17(16)22)14-18-20(26)23(21(27)28-18)12-5-7-19(24)25/h8-9,13-14H,2-7,10-12H2,1H3,(H,24,25)/b18-14-. The minimum atomic E-state index is -0.858. The van der Waals surface area contributed by atoms with Crippen LogP contribution in [0.2, 0.25) is 0 Å². The summed E-state index contributed by atoms with van der Waals surface area (Å²) in [4.78, 5) is 27.9. The molecule has 0 atom stereocenters. The van der Waals surface area contributed by atoms with Crippen LogP contribution in [0, 0.1) is 0 Å². The summed E-state index contributed by atoms with van der Waals surface area (Å²) in [6.07, 6.45) is 6.96. The third-order valence-electron chi connectivity index (χ3n) is 5.04. The third-order valence-corrected chi connectivity index (χ3v) is 6.42. The number of carbonyl (C=O) groups excluding carboxylic acids is 1. The Kier molecular flexibility index (Phi) is 7.13. The van der Waals surface area contributed by atoms with Gasteiger partial charge in [0.1, 0.15) is 4.32 Å². The number of anilines is 1. The Morgan fingerprint density at radius 3 is 2.89 bits per heavy atom. The topological polar surface area (TPSA) is 60.9 Å². The van der Waals surface area contributed by atoms with Gasteiger partial charge < -0.3 is 10.0 Å². The molecule has 1 saturated heterocycles. The van der Waals surface area contributed by atoms with Crippen molar-refractivity contribution in [1.82, 2.24) is 4.90 Å². The lowest BCUT2D eigenvalue weighted by molar-refractivity contribution is -0.137. The predicted octanol–water partition coefficient (Wildman–Crippen LogP) is 4.31. The second-order valence-electron chi connectivity index (χ2n) is 7.16. The van der Waals surface area contributed by atoms with Crippen molar-refractivity contribution in [3.05, 3.63) is 34.2 Å². The molecule has 1 fully saturated rings. The second kappa shape index (κ2) is 9.56. The number of thioether (sulfide) groups is 1. The number of fused-ring (bicyclic) bond motifs is 1. The van der Waals surface area contributed by atoms with Gasteiger partial charge in [0.25, 0.3) is 5.91 Å². The van der Waals surface area contributed by atoms with E-state index in [1.54, 1.807) is 0 Å². The van der Waals surface area contributed by atoms with Gasteiger partial charge in [0.05, 0.1) is 4.91 Å². The third kappa shape index (κ3) is 4.94. The molecule has 2 aliphatic heterocycles. The summed E-state index contributed by atoms with van der Waals surface area (Å²) in [5, 5.41) is 8.77. The van der Waals surface area contributed by atoms with Crippen molar-refractivity contribution in [2.45, 2.75) is 45.4 Å². The Balaban J connectivity index is 1.72. The van der Waals surface area contributed by atoms with Crippen LogP contribution in [0.1, 0.15) is 50.2 Å². The Bertz CT molecular complexity index is 807. The van der Waals surface area contributed by atoms with Crippen LogP contribution in [0.4, 0.5) is 5.69 Å². The molecule has 150 valence electrons. The van der Waals surface area contributed by atoms with Gasteiger partial charge in [-0.15, -0.1) is 0 Å². The van der Waals surface area contributed by atoms with Crippen LogP contribution in [0.25, 0.3) is 6.08 Å². The average molecular weight is 419 g/mol. The van der Waals surface area contributed by atoms with E-state index in [-0.39, 0.29) is 12.3 Å². The van der Waals surface area contributed by atoms with E-state index in [1.165, 1.54) is 40.8 Å². The maximum Gasteiger partial charge on any atom is 0.303 e. The van der Waals surface area contributed by atoms with Crippen LogP contribution in [-0.4, -0.2) is 45.8 Å². The molecule has 5 nitrogen and oxygen atoms in total. The molecule has 28 heavy (non-hydrogen) atoms. The lowest BCUT2D eigenvalue weighted by Gasteiger charge is -2.31. The Hall–Kier alpha value is -1.86. The average Bonchev–Trinajstić information content (AvgIpc) is 2.93. The van der Waals surface area contributed by atoms with E-state index in [1.807, 2.05) is 6.08 Å². The van der Waals surface area contributed by atoms with Gasteiger partial charge in [-0.05, 0) is 55.0 Å². The largest absolute Gasteiger partial charge is 0.481 e. The van der Waals surface area contributed by atoms with Crippen LogP contribution in [-0.2, 0) is 16.0 Å². The van der Waals surface area contributed by atoms with Gasteiger partial charge in [-0.2, -0.15) is 0 Å². The van der Waals surface area contributed by atoms with Crippen LogP contribution in [0.3, 0.4) is 0 Å². The molecule has 0 spiro atoms. The first-order chi connectivity index (χ1) is 13.5. The molecule has 0 aliphatic carbocycles. The van der Waals surface area contributed by atoms with E-state index in [9.17, 15) is 9.59 Å². The lowest BCUT2D eigenvalue weighted by Crippen LogP contribution is -2.30. The first-order valence-electron chi connectivity index (χ1n) is 9.84. The Labute approximate surface area is 175 Å². The molecule has 0 saturated carbocycles. The van der Waals surface area contributed by atoms with E-state index in [0.29, 0.717) is 22.2 Å². The molecule has 2 aliphatic rings. The summed E-state index contributed by atoms with van der Waals surface area (Å²) in [6.45, 7) is 4.77. The van der Waals surface area contributed by atoms with Crippen molar-refractivity contribution < 1.29 is 14.7 Å². The first-order valence-corrected chi connectivity index (χ1v) is 11.1. The van der Waals surface area contributed by atoms with E-state index >= 15 is 0 Å². The number of hydrogen-bond acceptors (Lipinski definition) is 5. The molecule has 0 bridgehead atoms. The summed E-state index contributed by atoms with van der Waals surface area (Å²) in [5.41, 5.74) is 3.67. The Morgan fingerprint density at radius 2 is 2.14 bits per heavy atom. The van der Waals surface area contributed by atoms with Gasteiger partial charge in [-0.1, -0.05) is 43.4 Å². The van der Waals surface area contributed by atoms with Gasteiger partial charge in [0.15, 0.2) is 0 Å². The van der Waals surface area contributed by atoms with Crippen molar-refractivity contribution in [3.8, 4) is 0 Å². The summed E-state index contributed by atoms with van der Waals surface area (Å²) >= 11 is 6.61. The number of unbranched alkanes of at least 4 members (excludes halogenated alkanes) is 1. The maximum absolute atomic E-state index is 12.6. The van der Waals surface area contributed by atoms with Crippen LogP contribution in [0.15, 0.2) is 23.1 Å². The number of carboxylic acid groups (broad SMARTS) is 1. The van der Waals surface area contributed by atoms with Crippen molar-refractivity contribution in [2.24, 2.45) is 0 Å². The number of carbonyl (C=O) groups is 2. The fourth-order valence-corrected chi connectivity index (χ4v) is 4.91. The van der Waals surface area contributed by atoms with E-state index in [2.05, 4.69) is 30.0 Å². The normalized spacial score (nSPS) is 18.1. The van der Waals surface area contributed by atoms with Crippen LogP contribution < -0.4 is 4.90 Å². The molecule has 1 N–H and O–H groups in total. The van der Waals surface area contributed by atoms with Gasteiger partial charge in [-0.25, -0.2) is 0 Å². The van der Waals surface area contributed by atoms with Gasteiger partial charge in [-0.3, -0.25) is 14.5 Å². The van der Waals surface area contributed by atoms with Crippen LogP contribution >= 0.6 is 24.0 Å². The second-order valence-corrected chi connectivity index (χ2v) is 8.84. The monoisotopic (exact) mass is 418 g/mol. The molecule has 7 heteroatoms. The quantitative estimate of drug-likeness (QED) is 0.502. The molecule has 0 unspecified atom stereocenters. The fourth-order valence-electron chi connectivity index (χ4n) is 3.60. The molecule has 1 amide bonds. The number of amides is 1. The van der Waals surface area contributed by atoms with Crippen molar-refractivity contribution in [2.75, 3.05) is 24.5 Å². The summed E-state index contributed by atoms with van der Waals surface area (Å²) in [6, 6.07) is 6.42. The number of carboxylic acids is 1. The van der Waals surface area contributed by atoms with Gasteiger partial charge in [0.2, 0.25) is 0 Å². The summed E-state index contributed by atoms with van der Waals surface area (Å²) in [5.74, 6) is -0.981. The minimum absolute atomic E-state index is 0.0372. The molecule has 1 aromatic rings. The molecule has 1 aromatic carbocycles. The van der Waals surface area contributed by atoms with Crippen molar-refractivity contribution in [1.29, 1.82) is 0 Å². The van der Waals surface area contributed by atoms with Crippen LogP contribution in [0.5, 0.6) is 0 Å². The number of aryl methyl sites for hydroxylation is 1. The molecular weight excluding hydrogens is 392 g/mol. The molecule has 0 aromatic heterocycles. The number of thiocarbonyl (C=S) groups is 1. The zero-order valence-electron chi connectivity index (χ0n) is 16.1. The molecule has 3 rings (SSSR count). The minimum Gasteiger partial charge on any atom is -0.481 e. The van der Waals surface area contributed by atoms with Gasteiger partial charge >= 0.3 is 5.97 Å². The summed E-state index contributed by atoms with van der Waals surface area (Å²) < 4.78 is 0.505. The highest BCUT2D eigenvalue weighted by molar-refractivity contribution is 8.26. The van der Waals surface area contributed by atoms with Crippen molar-refractivity contribution >= 4 is 51.9 Å². The number of nitrogens with zero attached hydrogens (tertiary/aromatic N) is 2. The number of hydrogen-bond donors (Lipinski definition) is 1. The van der Waals surface area contributed by atoms with E-state index in [4.69, 9.17) is 17.3 Å². The zero-order valence-corrected chi connectivity index (χ0v) is 17.8. The lowest BCUT2D eigenvalue weighted by atomic mass is 9.98. The molecule has 0 radical (unpaired) electrons. The van der Waals surface area contributed by atoms with E-state index in [0.717, 1.165) is 31.5 Å². The highest BCUT2D eigenvalue weighted by atomic mass is 32.2. The maximum atomic E-state index is 12.6. The zero-order chi connectivity index (χ0) is 20.1. The van der Waals surface area contributed by atoms with E-state index < -0.39 is 5.97 Å². The van der Waals surface area contributed by atoms with Gasteiger partial charge in [0, 0.05) is 31.7 Å². The summed E-state index contributed by atoms with van der Waals surface area (Å²) in [7, 11) is 0. The highest BCUT2D eigenvalue weighted by Gasteiger charge is 2.31. The highest BCUT2D eigenvalue weighted by Crippen LogP contribution is 2.34. The molecular formula is C21H26N2O3S2. The Morgan fingerprint density at radius 1 is 1.32 bits per heavy atom.